The van der Waals surface area contributed by atoms with Crippen LogP contribution in [0.5, 0.6) is 5.75 Å². The number of anilines is 3. The van der Waals surface area contributed by atoms with Crippen LogP contribution in [0.1, 0.15) is 23.0 Å². The van der Waals surface area contributed by atoms with Crippen molar-refractivity contribution in [2.24, 2.45) is 0 Å². The predicted molar refractivity (Wildman–Crippen MR) is 131 cm³/mol. The molecule has 0 aliphatic carbocycles. The molecule has 33 heavy (non-hydrogen) atoms. The lowest BCUT2D eigenvalue weighted by Gasteiger charge is -2.38. The summed E-state index contributed by atoms with van der Waals surface area (Å²) in [6.07, 6.45) is 0.478. The summed E-state index contributed by atoms with van der Waals surface area (Å²) in [6, 6.07) is 24.7. The molecule has 1 amide bonds. The molecule has 0 saturated carbocycles. The van der Waals surface area contributed by atoms with Crippen LogP contribution < -0.4 is 14.5 Å². The third-order valence-electron chi connectivity index (χ3n) is 5.94. The maximum absolute atomic E-state index is 12.5. The topological polar surface area (TPSA) is 58.6 Å². The number of para-hydroxylation sites is 2. The highest BCUT2D eigenvalue weighted by Crippen LogP contribution is 2.49. The summed E-state index contributed by atoms with van der Waals surface area (Å²) in [7, 11) is 1.65. The molecule has 1 fully saturated rings. The number of β-lactam (4-membered cyclic amide) rings is 1. The van der Waals surface area contributed by atoms with E-state index in [-0.39, 0.29) is 11.9 Å². The van der Waals surface area contributed by atoms with E-state index in [1.165, 1.54) is 21.1 Å². The minimum atomic E-state index is -0.0166. The van der Waals surface area contributed by atoms with Crippen molar-refractivity contribution in [3.63, 3.8) is 0 Å². The Balaban J connectivity index is 1.28. The van der Waals surface area contributed by atoms with Crippen molar-refractivity contribution < 1.29 is 9.53 Å². The molecule has 3 heterocycles. The molecule has 8 heteroatoms. The maximum atomic E-state index is 12.5. The van der Waals surface area contributed by atoms with Gasteiger partial charge in [-0.2, -0.15) is 0 Å². The third-order valence-corrected chi connectivity index (χ3v) is 7.97. The second-order valence-corrected chi connectivity index (χ2v) is 9.98. The van der Waals surface area contributed by atoms with Gasteiger partial charge in [-0.1, -0.05) is 59.5 Å². The van der Waals surface area contributed by atoms with Gasteiger partial charge in [0, 0.05) is 9.79 Å². The Hall–Kier alpha value is -3.36. The number of aromatic nitrogens is 2. The van der Waals surface area contributed by atoms with Gasteiger partial charge < -0.3 is 9.64 Å². The van der Waals surface area contributed by atoms with E-state index in [1.54, 1.807) is 23.8 Å². The first-order valence-corrected chi connectivity index (χ1v) is 12.3. The second-order valence-electron chi connectivity index (χ2n) is 7.86. The SMILES string of the molecule is COc1ccc(C2CC(=O)N2c2nnc(CN3c4ccccc4Sc4ccccc43)s2)cc1. The van der Waals surface area contributed by atoms with Gasteiger partial charge in [-0.25, -0.2) is 0 Å². The zero-order valence-corrected chi connectivity index (χ0v) is 19.5. The van der Waals surface area contributed by atoms with Crippen molar-refractivity contribution in [3.05, 3.63) is 83.4 Å². The van der Waals surface area contributed by atoms with Gasteiger partial charge in [-0.3, -0.25) is 9.69 Å². The first kappa shape index (κ1) is 20.3. The van der Waals surface area contributed by atoms with Crippen molar-refractivity contribution in [1.29, 1.82) is 0 Å². The summed E-state index contributed by atoms with van der Waals surface area (Å²) in [5.41, 5.74) is 3.39. The minimum Gasteiger partial charge on any atom is -0.497 e. The number of hydrogen-bond donors (Lipinski definition) is 0. The quantitative estimate of drug-likeness (QED) is 0.341. The third kappa shape index (κ3) is 3.55. The van der Waals surface area contributed by atoms with Crippen molar-refractivity contribution in [2.45, 2.75) is 28.8 Å². The number of amides is 1. The molecule has 164 valence electrons. The zero-order chi connectivity index (χ0) is 22.4. The van der Waals surface area contributed by atoms with Crippen LogP contribution in [0, 0.1) is 0 Å². The molecule has 0 bridgehead atoms. The highest BCUT2D eigenvalue weighted by molar-refractivity contribution is 7.99. The summed E-state index contributed by atoms with van der Waals surface area (Å²) < 4.78 is 5.25. The number of carbonyl (C=O) groups excluding carboxylic acids is 1. The molecule has 0 spiro atoms. The van der Waals surface area contributed by atoms with Crippen LogP contribution in [-0.4, -0.2) is 23.2 Å². The Morgan fingerprint density at radius 1 is 0.939 bits per heavy atom. The van der Waals surface area contributed by atoms with Crippen molar-refractivity contribution in [1.82, 2.24) is 10.2 Å². The van der Waals surface area contributed by atoms with Gasteiger partial charge in [0.1, 0.15) is 10.8 Å². The molecule has 2 aliphatic heterocycles. The molecular weight excluding hydrogens is 452 g/mol. The number of rotatable bonds is 5. The average Bonchev–Trinajstić information content (AvgIpc) is 3.29. The molecule has 6 nitrogen and oxygen atoms in total. The van der Waals surface area contributed by atoms with E-state index in [0.29, 0.717) is 18.1 Å². The summed E-state index contributed by atoms with van der Waals surface area (Å²) in [5.74, 6) is 0.873. The fourth-order valence-corrected chi connectivity index (χ4v) is 6.23. The number of methoxy groups -OCH3 is 1. The zero-order valence-electron chi connectivity index (χ0n) is 17.8. The molecule has 1 atom stereocenters. The van der Waals surface area contributed by atoms with Crippen LogP contribution >= 0.6 is 23.1 Å². The molecule has 1 aromatic heterocycles. The fourth-order valence-electron chi connectivity index (χ4n) is 4.24. The fraction of sp³-hybridized carbons (Fsp3) is 0.160. The van der Waals surface area contributed by atoms with Gasteiger partial charge in [0.15, 0.2) is 0 Å². The summed E-state index contributed by atoms with van der Waals surface area (Å²) in [4.78, 5) is 19.0. The van der Waals surface area contributed by atoms with Gasteiger partial charge in [0.25, 0.3) is 0 Å². The molecule has 2 aliphatic rings. The lowest BCUT2D eigenvalue weighted by atomic mass is 9.94. The molecule has 4 aromatic rings. The van der Waals surface area contributed by atoms with E-state index in [9.17, 15) is 4.79 Å². The molecule has 0 N–H and O–H groups in total. The number of fused-ring (bicyclic) bond motifs is 2. The first-order valence-electron chi connectivity index (χ1n) is 10.6. The van der Waals surface area contributed by atoms with Crippen LogP contribution in [0.15, 0.2) is 82.6 Å². The monoisotopic (exact) mass is 472 g/mol. The van der Waals surface area contributed by atoms with Crippen molar-refractivity contribution in [3.8, 4) is 5.75 Å². The van der Waals surface area contributed by atoms with Crippen LogP contribution in [0.2, 0.25) is 0 Å². The largest absolute Gasteiger partial charge is 0.497 e. The lowest BCUT2D eigenvalue weighted by molar-refractivity contribution is -0.124. The number of nitrogens with zero attached hydrogens (tertiary/aromatic N) is 4. The van der Waals surface area contributed by atoms with Gasteiger partial charge in [0.2, 0.25) is 11.0 Å². The molecule has 1 unspecified atom stereocenters. The van der Waals surface area contributed by atoms with Gasteiger partial charge in [-0.15, -0.1) is 10.2 Å². The smallest absolute Gasteiger partial charge is 0.231 e. The first-order chi connectivity index (χ1) is 16.2. The summed E-state index contributed by atoms with van der Waals surface area (Å²) >= 11 is 3.26. The predicted octanol–water partition coefficient (Wildman–Crippen LogP) is 5.83. The van der Waals surface area contributed by atoms with Crippen molar-refractivity contribution >= 4 is 45.5 Å². The minimum absolute atomic E-state index is 0.0166. The maximum Gasteiger partial charge on any atom is 0.231 e. The second kappa shape index (κ2) is 8.20. The Labute approximate surface area is 199 Å². The molecule has 0 radical (unpaired) electrons. The summed E-state index contributed by atoms with van der Waals surface area (Å²) in [5, 5.41) is 10.4. The Morgan fingerprint density at radius 2 is 1.61 bits per heavy atom. The Kier molecular flexibility index (Phi) is 5.04. The van der Waals surface area contributed by atoms with Gasteiger partial charge >= 0.3 is 0 Å². The number of carbonyl (C=O) groups is 1. The molecule has 6 rings (SSSR count). The van der Waals surface area contributed by atoms with E-state index in [4.69, 9.17) is 4.74 Å². The average molecular weight is 473 g/mol. The number of hydrogen-bond acceptors (Lipinski definition) is 7. The number of benzene rings is 3. The standard InChI is InChI=1S/C25H20N4O2S2/c1-31-17-12-10-16(11-13-17)20-14-24(30)29(20)25-27-26-23(33-25)15-28-18-6-2-4-8-21(18)32-22-9-5-3-7-19(22)28/h2-13,20H,14-15H2,1H3. The molecule has 3 aromatic carbocycles. The van der Waals surface area contributed by atoms with E-state index >= 15 is 0 Å². The normalized spacial score (nSPS) is 16.8. The van der Waals surface area contributed by atoms with E-state index in [2.05, 4.69) is 63.6 Å². The highest BCUT2D eigenvalue weighted by Gasteiger charge is 2.40. The van der Waals surface area contributed by atoms with Crippen LogP contribution in [0.25, 0.3) is 0 Å². The van der Waals surface area contributed by atoms with Crippen LogP contribution in [-0.2, 0) is 11.3 Å². The number of ether oxygens (including phenoxy) is 1. The molecule has 1 saturated heterocycles. The highest BCUT2D eigenvalue weighted by atomic mass is 32.2. The van der Waals surface area contributed by atoms with Gasteiger partial charge in [-0.05, 0) is 42.0 Å². The van der Waals surface area contributed by atoms with E-state index in [0.717, 1.165) is 27.7 Å². The summed E-state index contributed by atoms with van der Waals surface area (Å²) in [6.45, 7) is 0.599. The Bertz CT molecular complexity index is 1290. The van der Waals surface area contributed by atoms with E-state index in [1.807, 2.05) is 24.3 Å². The lowest BCUT2D eigenvalue weighted by Crippen LogP contribution is -2.46. The van der Waals surface area contributed by atoms with Gasteiger partial charge in [0.05, 0.1) is 37.5 Å². The van der Waals surface area contributed by atoms with E-state index < -0.39 is 0 Å². The Morgan fingerprint density at radius 3 is 2.24 bits per heavy atom. The van der Waals surface area contributed by atoms with Crippen LogP contribution in [0.4, 0.5) is 16.5 Å². The van der Waals surface area contributed by atoms with Crippen LogP contribution in [0.3, 0.4) is 0 Å². The molecular formula is C25H20N4O2S2. The van der Waals surface area contributed by atoms with Crippen molar-refractivity contribution in [2.75, 3.05) is 16.9 Å².